The maximum atomic E-state index is 13.1. The molecule has 0 fully saturated rings. The number of carboxylic acids is 1. The Bertz CT molecular complexity index is 395. The standard InChI is InChI=1S/C12H16FNO3/c1-8-3-4-9(13)7-10(8)11(12(15)16)14-5-6-17-2/h3-4,7,11,14H,5-6H2,1-2H3,(H,15,16). The number of nitrogens with one attached hydrogen (secondary N) is 1. The molecule has 0 saturated carbocycles. The second-order valence-corrected chi connectivity index (χ2v) is 3.72. The molecule has 0 aliphatic rings. The molecule has 1 atom stereocenters. The van der Waals surface area contributed by atoms with Gasteiger partial charge in [0.25, 0.3) is 0 Å². The molecule has 0 aromatic heterocycles. The molecule has 5 heteroatoms. The molecule has 2 N–H and O–H groups in total. The Morgan fingerprint density at radius 1 is 1.59 bits per heavy atom. The molecule has 0 radical (unpaired) electrons. The van der Waals surface area contributed by atoms with Gasteiger partial charge in [0.15, 0.2) is 0 Å². The van der Waals surface area contributed by atoms with Gasteiger partial charge in [0, 0.05) is 13.7 Å². The van der Waals surface area contributed by atoms with Crippen LogP contribution in [-0.2, 0) is 9.53 Å². The minimum atomic E-state index is -1.03. The van der Waals surface area contributed by atoms with Gasteiger partial charge >= 0.3 is 5.97 Å². The molecule has 0 aliphatic carbocycles. The largest absolute Gasteiger partial charge is 0.480 e. The third kappa shape index (κ3) is 3.80. The number of methoxy groups -OCH3 is 1. The molecule has 0 spiro atoms. The van der Waals surface area contributed by atoms with Gasteiger partial charge in [-0.05, 0) is 30.2 Å². The quantitative estimate of drug-likeness (QED) is 0.741. The SMILES string of the molecule is COCCNC(C(=O)O)c1cc(F)ccc1C. The van der Waals surface area contributed by atoms with Gasteiger partial charge in [-0.25, -0.2) is 4.39 Å². The topological polar surface area (TPSA) is 58.6 Å². The second kappa shape index (κ2) is 6.32. The Morgan fingerprint density at radius 3 is 2.88 bits per heavy atom. The number of aliphatic carboxylic acids is 1. The van der Waals surface area contributed by atoms with Crippen molar-refractivity contribution < 1.29 is 19.0 Å². The molecule has 1 rings (SSSR count). The van der Waals surface area contributed by atoms with Gasteiger partial charge < -0.3 is 9.84 Å². The van der Waals surface area contributed by atoms with Gasteiger partial charge in [-0.2, -0.15) is 0 Å². The zero-order valence-corrected chi connectivity index (χ0v) is 9.87. The number of ether oxygens (including phenoxy) is 1. The first-order chi connectivity index (χ1) is 8.06. The second-order valence-electron chi connectivity index (χ2n) is 3.72. The fourth-order valence-electron chi connectivity index (χ4n) is 1.56. The van der Waals surface area contributed by atoms with E-state index in [1.807, 2.05) is 0 Å². The predicted molar refractivity (Wildman–Crippen MR) is 61.4 cm³/mol. The molecular formula is C12H16FNO3. The van der Waals surface area contributed by atoms with E-state index in [-0.39, 0.29) is 0 Å². The van der Waals surface area contributed by atoms with Crippen LogP contribution in [0.5, 0.6) is 0 Å². The lowest BCUT2D eigenvalue weighted by molar-refractivity contribution is -0.139. The summed E-state index contributed by atoms with van der Waals surface area (Å²) in [6.45, 7) is 2.55. The highest BCUT2D eigenvalue weighted by Crippen LogP contribution is 2.19. The highest BCUT2D eigenvalue weighted by Gasteiger charge is 2.21. The van der Waals surface area contributed by atoms with Crippen LogP contribution in [0.2, 0.25) is 0 Å². The Hall–Kier alpha value is -1.46. The van der Waals surface area contributed by atoms with E-state index in [9.17, 15) is 9.18 Å². The molecule has 0 heterocycles. The van der Waals surface area contributed by atoms with E-state index < -0.39 is 17.8 Å². The number of rotatable bonds is 6. The van der Waals surface area contributed by atoms with Crippen molar-refractivity contribution >= 4 is 5.97 Å². The fraction of sp³-hybridized carbons (Fsp3) is 0.417. The highest BCUT2D eigenvalue weighted by molar-refractivity contribution is 5.76. The summed E-state index contributed by atoms with van der Waals surface area (Å²) >= 11 is 0. The average Bonchev–Trinajstić information content (AvgIpc) is 2.28. The molecule has 1 unspecified atom stereocenters. The normalized spacial score (nSPS) is 12.4. The summed E-state index contributed by atoms with van der Waals surface area (Å²) in [6.07, 6.45) is 0. The molecule has 0 saturated heterocycles. The molecule has 0 amide bonds. The number of carboxylic acid groups (broad SMARTS) is 1. The van der Waals surface area contributed by atoms with Crippen LogP contribution >= 0.6 is 0 Å². The molecule has 94 valence electrons. The van der Waals surface area contributed by atoms with E-state index in [0.29, 0.717) is 18.7 Å². The summed E-state index contributed by atoms with van der Waals surface area (Å²) in [4.78, 5) is 11.1. The average molecular weight is 241 g/mol. The summed E-state index contributed by atoms with van der Waals surface area (Å²) in [7, 11) is 1.53. The van der Waals surface area contributed by atoms with Crippen molar-refractivity contribution in [3.8, 4) is 0 Å². The summed E-state index contributed by atoms with van der Waals surface area (Å²) in [6, 6.07) is 3.21. The van der Waals surface area contributed by atoms with Gasteiger partial charge in [-0.1, -0.05) is 6.07 Å². The van der Waals surface area contributed by atoms with Crippen LogP contribution < -0.4 is 5.32 Å². The zero-order chi connectivity index (χ0) is 12.8. The molecule has 4 nitrogen and oxygen atoms in total. The fourth-order valence-corrected chi connectivity index (χ4v) is 1.56. The number of aryl methyl sites for hydroxylation is 1. The van der Waals surface area contributed by atoms with Crippen LogP contribution in [0.1, 0.15) is 17.2 Å². The van der Waals surface area contributed by atoms with Gasteiger partial charge in [-0.15, -0.1) is 0 Å². The van der Waals surface area contributed by atoms with E-state index >= 15 is 0 Å². The minimum Gasteiger partial charge on any atom is -0.480 e. The molecule has 0 aliphatic heterocycles. The van der Waals surface area contributed by atoms with Gasteiger partial charge in [0.1, 0.15) is 11.9 Å². The first-order valence-corrected chi connectivity index (χ1v) is 5.27. The Labute approximate surface area is 99.4 Å². The van der Waals surface area contributed by atoms with E-state index in [1.54, 1.807) is 13.0 Å². The Kier molecular flexibility index (Phi) is 5.06. The van der Waals surface area contributed by atoms with Gasteiger partial charge in [0.2, 0.25) is 0 Å². The lowest BCUT2D eigenvalue weighted by atomic mass is 10.0. The third-order valence-electron chi connectivity index (χ3n) is 2.45. The summed E-state index contributed by atoms with van der Waals surface area (Å²) in [5.74, 6) is -1.47. The Balaban J connectivity index is 2.89. The van der Waals surface area contributed by atoms with Crippen LogP contribution in [0.25, 0.3) is 0 Å². The molecule has 1 aromatic carbocycles. The van der Waals surface area contributed by atoms with Crippen molar-refractivity contribution in [3.05, 3.63) is 35.1 Å². The van der Waals surface area contributed by atoms with Crippen LogP contribution in [-0.4, -0.2) is 31.3 Å². The van der Waals surface area contributed by atoms with Crippen molar-refractivity contribution in [1.29, 1.82) is 0 Å². The monoisotopic (exact) mass is 241 g/mol. The van der Waals surface area contributed by atoms with Crippen molar-refractivity contribution in [1.82, 2.24) is 5.32 Å². The van der Waals surface area contributed by atoms with Crippen molar-refractivity contribution in [2.75, 3.05) is 20.3 Å². The lowest BCUT2D eigenvalue weighted by Gasteiger charge is -2.16. The first kappa shape index (κ1) is 13.6. The number of benzene rings is 1. The van der Waals surface area contributed by atoms with E-state index in [4.69, 9.17) is 9.84 Å². The van der Waals surface area contributed by atoms with Crippen LogP contribution in [0.15, 0.2) is 18.2 Å². The Morgan fingerprint density at radius 2 is 2.29 bits per heavy atom. The maximum Gasteiger partial charge on any atom is 0.325 e. The van der Waals surface area contributed by atoms with Crippen LogP contribution in [0.4, 0.5) is 4.39 Å². The number of halogens is 1. The van der Waals surface area contributed by atoms with E-state index in [0.717, 1.165) is 5.56 Å². The highest BCUT2D eigenvalue weighted by atomic mass is 19.1. The summed E-state index contributed by atoms with van der Waals surface area (Å²) < 4.78 is 17.9. The lowest BCUT2D eigenvalue weighted by Crippen LogP contribution is -2.31. The molecule has 0 bridgehead atoms. The number of hydrogen-bond donors (Lipinski definition) is 2. The molecule has 1 aromatic rings. The van der Waals surface area contributed by atoms with Gasteiger partial charge in [0.05, 0.1) is 6.61 Å². The zero-order valence-electron chi connectivity index (χ0n) is 9.87. The number of carbonyl (C=O) groups is 1. The van der Waals surface area contributed by atoms with Crippen molar-refractivity contribution in [3.63, 3.8) is 0 Å². The van der Waals surface area contributed by atoms with E-state index in [1.165, 1.54) is 19.2 Å². The summed E-state index contributed by atoms with van der Waals surface area (Å²) in [5, 5.41) is 11.9. The molecule has 17 heavy (non-hydrogen) atoms. The predicted octanol–water partition coefficient (Wildman–Crippen LogP) is 1.50. The maximum absolute atomic E-state index is 13.1. The van der Waals surface area contributed by atoms with Crippen LogP contribution in [0.3, 0.4) is 0 Å². The minimum absolute atomic E-state index is 0.392. The first-order valence-electron chi connectivity index (χ1n) is 5.27. The van der Waals surface area contributed by atoms with E-state index in [2.05, 4.69) is 5.32 Å². The van der Waals surface area contributed by atoms with Crippen molar-refractivity contribution in [2.45, 2.75) is 13.0 Å². The number of hydrogen-bond acceptors (Lipinski definition) is 3. The molecular weight excluding hydrogens is 225 g/mol. The van der Waals surface area contributed by atoms with Gasteiger partial charge in [-0.3, -0.25) is 10.1 Å². The summed E-state index contributed by atoms with van der Waals surface area (Å²) in [5.41, 5.74) is 1.18. The van der Waals surface area contributed by atoms with Crippen LogP contribution in [0, 0.1) is 12.7 Å². The van der Waals surface area contributed by atoms with Crippen molar-refractivity contribution in [2.24, 2.45) is 0 Å². The third-order valence-corrected chi connectivity index (χ3v) is 2.45. The smallest absolute Gasteiger partial charge is 0.325 e.